The summed E-state index contributed by atoms with van der Waals surface area (Å²) in [6, 6.07) is 11.6. The van der Waals surface area contributed by atoms with Crippen molar-refractivity contribution in [1.82, 2.24) is 5.32 Å². The Balaban J connectivity index is 2.08. The highest BCUT2D eigenvalue weighted by Crippen LogP contribution is 2.23. The van der Waals surface area contributed by atoms with Crippen LogP contribution in [0.5, 0.6) is 5.75 Å². The summed E-state index contributed by atoms with van der Waals surface area (Å²) in [5, 5.41) is 3.76. The predicted octanol–water partition coefficient (Wildman–Crippen LogP) is 5.30. The van der Waals surface area contributed by atoms with E-state index >= 15 is 0 Å². The van der Waals surface area contributed by atoms with E-state index in [4.69, 9.17) is 16.3 Å². The number of hydrogen-bond acceptors (Lipinski definition) is 2. The second-order valence-electron chi connectivity index (χ2n) is 6.52. The van der Waals surface area contributed by atoms with Crippen molar-refractivity contribution in [2.24, 2.45) is 0 Å². The smallest absolute Gasteiger partial charge is 0.261 e. The van der Waals surface area contributed by atoms with E-state index in [9.17, 15) is 4.79 Å². The van der Waals surface area contributed by atoms with Crippen LogP contribution in [0.3, 0.4) is 0 Å². The zero-order valence-electron chi connectivity index (χ0n) is 15.5. The van der Waals surface area contributed by atoms with Crippen molar-refractivity contribution in [3.63, 3.8) is 0 Å². The lowest BCUT2D eigenvalue weighted by Crippen LogP contribution is -2.39. The van der Waals surface area contributed by atoms with Gasteiger partial charge >= 0.3 is 0 Å². The van der Waals surface area contributed by atoms with E-state index in [1.165, 1.54) is 11.1 Å². The van der Waals surface area contributed by atoms with E-state index in [2.05, 4.69) is 37.4 Å². The third-order valence-corrected chi connectivity index (χ3v) is 4.76. The van der Waals surface area contributed by atoms with Crippen LogP contribution in [0.2, 0.25) is 5.02 Å². The van der Waals surface area contributed by atoms with Gasteiger partial charge in [-0.25, -0.2) is 0 Å². The monoisotopic (exact) mass is 359 g/mol. The van der Waals surface area contributed by atoms with Gasteiger partial charge in [0.15, 0.2) is 6.10 Å². The molecule has 0 aliphatic carbocycles. The second-order valence-corrected chi connectivity index (χ2v) is 6.92. The maximum absolute atomic E-state index is 12.6. The molecule has 4 heteroatoms. The highest BCUT2D eigenvalue weighted by molar-refractivity contribution is 6.31. The molecule has 1 amide bonds. The second kappa shape index (κ2) is 8.39. The van der Waals surface area contributed by atoms with Crippen molar-refractivity contribution in [2.45, 2.75) is 53.2 Å². The summed E-state index contributed by atoms with van der Waals surface area (Å²) in [7, 11) is 0. The maximum atomic E-state index is 12.6. The van der Waals surface area contributed by atoms with E-state index in [-0.39, 0.29) is 11.9 Å². The molecule has 0 aliphatic rings. The number of carbonyl (C=O) groups is 1. The number of hydrogen-bond donors (Lipinski definition) is 1. The Labute approximate surface area is 155 Å². The first-order valence-corrected chi connectivity index (χ1v) is 9.00. The van der Waals surface area contributed by atoms with Gasteiger partial charge in [0.1, 0.15) is 5.75 Å². The lowest BCUT2D eigenvalue weighted by Gasteiger charge is -2.22. The molecule has 25 heavy (non-hydrogen) atoms. The molecular formula is C21H26ClNO2. The molecule has 0 saturated heterocycles. The van der Waals surface area contributed by atoms with Gasteiger partial charge in [-0.1, -0.05) is 42.3 Å². The van der Waals surface area contributed by atoms with Crippen LogP contribution >= 0.6 is 11.6 Å². The molecule has 3 nitrogen and oxygen atoms in total. The third kappa shape index (κ3) is 4.99. The minimum atomic E-state index is -0.534. The van der Waals surface area contributed by atoms with Crippen molar-refractivity contribution in [1.29, 1.82) is 0 Å². The summed E-state index contributed by atoms with van der Waals surface area (Å²) in [6.45, 7) is 9.97. The van der Waals surface area contributed by atoms with Crippen molar-refractivity contribution in [3.8, 4) is 5.75 Å². The third-order valence-electron chi connectivity index (χ3n) is 4.33. The molecule has 134 valence electrons. The molecule has 0 fully saturated rings. The summed E-state index contributed by atoms with van der Waals surface area (Å²) in [5.74, 6) is 0.548. The number of ether oxygens (including phenoxy) is 1. The first-order valence-electron chi connectivity index (χ1n) is 8.62. The van der Waals surface area contributed by atoms with E-state index in [0.717, 1.165) is 11.1 Å². The van der Waals surface area contributed by atoms with Gasteiger partial charge in [0.25, 0.3) is 5.91 Å². The van der Waals surface area contributed by atoms with Crippen molar-refractivity contribution in [2.75, 3.05) is 0 Å². The number of nitrogens with one attached hydrogen (secondary N) is 1. The van der Waals surface area contributed by atoms with Crippen LogP contribution in [0, 0.1) is 20.8 Å². The summed E-state index contributed by atoms with van der Waals surface area (Å²) in [6.07, 6.45) is 0.0562. The molecule has 0 unspecified atom stereocenters. The highest BCUT2D eigenvalue weighted by Gasteiger charge is 2.21. The first-order chi connectivity index (χ1) is 11.8. The maximum Gasteiger partial charge on any atom is 0.261 e. The number of carbonyl (C=O) groups excluding carboxylic acids is 1. The van der Waals surface area contributed by atoms with Crippen LogP contribution in [-0.2, 0) is 4.79 Å². The van der Waals surface area contributed by atoms with Gasteiger partial charge in [0.05, 0.1) is 6.04 Å². The average Bonchev–Trinajstić information content (AvgIpc) is 2.57. The largest absolute Gasteiger partial charge is 0.481 e. The van der Waals surface area contributed by atoms with Crippen molar-refractivity contribution >= 4 is 17.5 Å². The molecule has 0 radical (unpaired) electrons. The summed E-state index contributed by atoms with van der Waals surface area (Å²) >= 11 is 6.04. The first kappa shape index (κ1) is 19.3. The summed E-state index contributed by atoms with van der Waals surface area (Å²) in [5.41, 5.74) is 4.41. The van der Waals surface area contributed by atoms with Gasteiger partial charge in [0, 0.05) is 5.02 Å². The normalized spacial score (nSPS) is 13.2. The summed E-state index contributed by atoms with van der Waals surface area (Å²) < 4.78 is 5.88. The molecule has 0 spiro atoms. The van der Waals surface area contributed by atoms with E-state index in [0.29, 0.717) is 17.2 Å². The fraction of sp³-hybridized carbons (Fsp3) is 0.381. The minimum Gasteiger partial charge on any atom is -0.481 e. The molecule has 2 aromatic rings. The zero-order valence-corrected chi connectivity index (χ0v) is 16.3. The van der Waals surface area contributed by atoms with Gasteiger partial charge in [0.2, 0.25) is 0 Å². The Hall–Kier alpha value is -2.00. The molecule has 0 aromatic heterocycles. The number of benzene rings is 2. The van der Waals surface area contributed by atoms with Crippen LogP contribution in [0.25, 0.3) is 0 Å². The Morgan fingerprint density at radius 3 is 2.48 bits per heavy atom. The number of aryl methyl sites for hydroxylation is 3. The molecule has 1 N–H and O–H groups in total. The lowest BCUT2D eigenvalue weighted by molar-refractivity contribution is -0.128. The van der Waals surface area contributed by atoms with Crippen LogP contribution in [0.1, 0.15) is 48.6 Å². The molecule has 2 rings (SSSR count). The molecule has 2 atom stereocenters. The topological polar surface area (TPSA) is 38.3 Å². The van der Waals surface area contributed by atoms with Crippen LogP contribution in [0.4, 0.5) is 0 Å². The van der Waals surface area contributed by atoms with Gasteiger partial charge < -0.3 is 10.1 Å². The average molecular weight is 360 g/mol. The van der Waals surface area contributed by atoms with Gasteiger partial charge in [-0.15, -0.1) is 0 Å². The van der Waals surface area contributed by atoms with Crippen LogP contribution in [0.15, 0.2) is 36.4 Å². The molecule has 0 heterocycles. The van der Waals surface area contributed by atoms with Crippen molar-refractivity contribution < 1.29 is 9.53 Å². The molecule has 0 saturated carbocycles. The quantitative estimate of drug-likeness (QED) is 0.760. The Kier molecular flexibility index (Phi) is 6.49. The number of rotatable bonds is 6. The minimum absolute atomic E-state index is 0.0722. The van der Waals surface area contributed by atoms with Gasteiger partial charge in [-0.2, -0.15) is 0 Å². The molecule has 0 aliphatic heterocycles. The Morgan fingerprint density at radius 1 is 1.12 bits per heavy atom. The zero-order chi connectivity index (χ0) is 18.6. The van der Waals surface area contributed by atoms with Crippen LogP contribution < -0.4 is 10.1 Å². The lowest BCUT2D eigenvalue weighted by atomic mass is 10.00. The van der Waals surface area contributed by atoms with E-state index < -0.39 is 6.10 Å². The fourth-order valence-electron chi connectivity index (χ4n) is 2.79. The predicted molar refractivity (Wildman–Crippen MR) is 103 cm³/mol. The molecule has 2 aromatic carbocycles. The summed E-state index contributed by atoms with van der Waals surface area (Å²) in [4.78, 5) is 12.6. The standard InChI is InChI=1S/C21H26ClNO2/c1-6-20(25-17-9-10-19(22)15(4)12-17)21(24)23-16(5)18-11-13(2)7-8-14(18)3/h7-12,16,20H,6H2,1-5H3,(H,23,24)/t16-,20+/m1/s1. The SMILES string of the molecule is CC[C@H](Oc1ccc(Cl)c(C)c1)C(=O)N[C@H](C)c1cc(C)ccc1C. The molecular weight excluding hydrogens is 334 g/mol. The number of halogens is 1. The van der Waals surface area contributed by atoms with Gasteiger partial charge in [-0.3, -0.25) is 4.79 Å². The Morgan fingerprint density at radius 2 is 1.84 bits per heavy atom. The van der Waals surface area contributed by atoms with E-state index in [1.54, 1.807) is 12.1 Å². The van der Waals surface area contributed by atoms with Crippen molar-refractivity contribution in [3.05, 3.63) is 63.7 Å². The van der Waals surface area contributed by atoms with Crippen LogP contribution in [-0.4, -0.2) is 12.0 Å². The Bertz CT molecular complexity index is 758. The highest BCUT2D eigenvalue weighted by atomic mass is 35.5. The molecule has 0 bridgehead atoms. The fourth-order valence-corrected chi connectivity index (χ4v) is 2.91. The van der Waals surface area contributed by atoms with E-state index in [1.807, 2.05) is 26.8 Å². The van der Waals surface area contributed by atoms with Gasteiger partial charge in [-0.05, 0) is 69.0 Å². The number of amides is 1.